The molecule has 0 saturated carbocycles. The van der Waals surface area contributed by atoms with Crippen molar-refractivity contribution in [3.05, 3.63) is 41.2 Å². The van der Waals surface area contributed by atoms with Gasteiger partial charge in [-0.3, -0.25) is 0 Å². The summed E-state index contributed by atoms with van der Waals surface area (Å²) in [5.74, 6) is -1.26. The molecule has 0 bridgehead atoms. The molecule has 0 saturated heterocycles. The first-order valence-electron chi connectivity index (χ1n) is 4.68. The van der Waals surface area contributed by atoms with E-state index in [-0.39, 0.29) is 0 Å². The molecule has 0 heterocycles. The van der Waals surface area contributed by atoms with E-state index in [1.807, 2.05) is 0 Å². The van der Waals surface area contributed by atoms with Gasteiger partial charge in [0.1, 0.15) is 5.82 Å². The molecule has 0 radical (unpaired) electrons. The Hall–Kier alpha value is -1.36. The van der Waals surface area contributed by atoms with Crippen molar-refractivity contribution in [2.75, 3.05) is 6.54 Å². The van der Waals surface area contributed by atoms with Crippen LogP contribution in [0.5, 0.6) is 0 Å². The largest absolute Gasteiger partial charge is 0.419 e. The lowest BCUT2D eigenvalue weighted by Crippen LogP contribution is -2.08. The second-order valence-corrected chi connectivity index (χ2v) is 3.22. The summed E-state index contributed by atoms with van der Waals surface area (Å²) in [7, 11) is 0. The molecule has 1 aromatic carbocycles. The summed E-state index contributed by atoms with van der Waals surface area (Å²) in [5.41, 5.74) is 4.28. The van der Waals surface area contributed by atoms with Crippen LogP contribution < -0.4 is 5.73 Å². The first-order valence-corrected chi connectivity index (χ1v) is 4.68. The highest BCUT2D eigenvalue weighted by molar-refractivity contribution is 5.50. The van der Waals surface area contributed by atoms with Crippen molar-refractivity contribution >= 4 is 6.08 Å². The fourth-order valence-electron chi connectivity index (χ4n) is 1.18. The van der Waals surface area contributed by atoms with Crippen molar-refractivity contribution < 1.29 is 17.6 Å². The third kappa shape index (κ3) is 3.34. The number of hydrogen-bond acceptors (Lipinski definition) is 1. The molecule has 5 heteroatoms. The van der Waals surface area contributed by atoms with E-state index in [0.717, 1.165) is 12.1 Å². The van der Waals surface area contributed by atoms with Crippen LogP contribution in [0.15, 0.2) is 24.3 Å². The molecule has 1 nitrogen and oxygen atoms in total. The zero-order valence-corrected chi connectivity index (χ0v) is 8.39. The first-order chi connectivity index (χ1) is 7.45. The summed E-state index contributed by atoms with van der Waals surface area (Å²) in [6.07, 6.45) is -0.963. The summed E-state index contributed by atoms with van der Waals surface area (Å²) in [5, 5.41) is 0. The van der Waals surface area contributed by atoms with Crippen LogP contribution in [-0.2, 0) is 6.18 Å². The quantitative estimate of drug-likeness (QED) is 0.797. The molecule has 88 valence electrons. The lowest BCUT2D eigenvalue weighted by molar-refractivity contribution is -0.140. The predicted octanol–water partition coefficient (Wildman–Crippen LogP) is 3.21. The fourth-order valence-corrected chi connectivity index (χ4v) is 1.18. The summed E-state index contributed by atoms with van der Waals surface area (Å²) in [4.78, 5) is 0. The minimum Gasteiger partial charge on any atom is -0.330 e. The van der Waals surface area contributed by atoms with Gasteiger partial charge in [0.15, 0.2) is 0 Å². The van der Waals surface area contributed by atoms with Crippen molar-refractivity contribution in [1.29, 1.82) is 0 Å². The maximum atomic E-state index is 12.9. The minimum atomic E-state index is -4.66. The van der Waals surface area contributed by atoms with E-state index in [0.29, 0.717) is 18.5 Å². The van der Waals surface area contributed by atoms with Crippen molar-refractivity contribution in [2.45, 2.75) is 12.6 Å². The highest BCUT2D eigenvalue weighted by atomic mass is 19.4. The van der Waals surface area contributed by atoms with E-state index < -0.39 is 17.6 Å². The number of hydrogen-bond donors (Lipinski definition) is 1. The molecule has 2 N–H and O–H groups in total. The molecule has 0 unspecified atom stereocenters. The first kappa shape index (κ1) is 12.7. The van der Waals surface area contributed by atoms with Crippen molar-refractivity contribution in [3.8, 4) is 0 Å². The Morgan fingerprint density at radius 2 is 1.94 bits per heavy atom. The van der Waals surface area contributed by atoms with Crippen LogP contribution in [0.1, 0.15) is 17.5 Å². The third-order valence-electron chi connectivity index (χ3n) is 1.94. The smallest absolute Gasteiger partial charge is 0.330 e. The molecule has 0 amide bonds. The zero-order valence-electron chi connectivity index (χ0n) is 8.39. The van der Waals surface area contributed by atoms with Crippen molar-refractivity contribution in [2.24, 2.45) is 5.73 Å². The van der Waals surface area contributed by atoms with Gasteiger partial charge in [0.05, 0.1) is 5.56 Å². The predicted molar refractivity (Wildman–Crippen MR) is 54.1 cm³/mol. The molecular weight excluding hydrogens is 222 g/mol. The average Bonchev–Trinajstić information content (AvgIpc) is 2.19. The maximum Gasteiger partial charge on any atom is 0.419 e. The highest BCUT2D eigenvalue weighted by Crippen LogP contribution is 2.32. The van der Waals surface area contributed by atoms with Gasteiger partial charge in [-0.05, 0) is 30.7 Å². The lowest BCUT2D eigenvalue weighted by atomic mass is 10.1. The number of alkyl halides is 3. The Balaban J connectivity index is 2.99. The van der Waals surface area contributed by atoms with Crippen LogP contribution in [0.3, 0.4) is 0 Å². The van der Waals surface area contributed by atoms with Gasteiger partial charge in [-0.2, -0.15) is 13.2 Å². The zero-order chi connectivity index (χ0) is 12.2. The van der Waals surface area contributed by atoms with E-state index in [9.17, 15) is 17.6 Å². The fraction of sp³-hybridized carbons (Fsp3) is 0.273. The van der Waals surface area contributed by atoms with Gasteiger partial charge < -0.3 is 5.73 Å². The summed E-state index contributed by atoms with van der Waals surface area (Å²) in [6.45, 7) is 0.420. The van der Waals surface area contributed by atoms with Crippen LogP contribution in [0.2, 0.25) is 0 Å². The van der Waals surface area contributed by atoms with Gasteiger partial charge in [-0.25, -0.2) is 4.39 Å². The SMILES string of the molecule is NCCC=Cc1ccc(F)c(C(F)(F)F)c1. The van der Waals surface area contributed by atoms with Crippen LogP contribution in [-0.4, -0.2) is 6.54 Å². The van der Waals surface area contributed by atoms with Gasteiger partial charge in [-0.1, -0.05) is 18.2 Å². The van der Waals surface area contributed by atoms with Crippen LogP contribution in [0.25, 0.3) is 6.08 Å². The summed E-state index contributed by atoms with van der Waals surface area (Å²) < 4.78 is 49.9. The number of rotatable bonds is 3. The van der Waals surface area contributed by atoms with E-state index in [2.05, 4.69) is 0 Å². The van der Waals surface area contributed by atoms with Gasteiger partial charge in [0, 0.05) is 0 Å². The standard InChI is InChI=1S/C11H11F4N/c12-10-5-4-8(3-1-2-6-16)7-9(10)11(13,14)15/h1,3-5,7H,2,6,16H2. The second kappa shape index (κ2) is 5.12. The van der Waals surface area contributed by atoms with Crippen LogP contribution >= 0.6 is 0 Å². The molecule has 0 atom stereocenters. The molecule has 0 fully saturated rings. The average molecular weight is 233 g/mol. The topological polar surface area (TPSA) is 26.0 Å². The molecule has 1 aromatic rings. The third-order valence-corrected chi connectivity index (χ3v) is 1.94. The van der Waals surface area contributed by atoms with E-state index in [1.165, 1.54) is 12.1 Å². The highest BCUT2D eigenvalue weighted by Gasteiger charge is 2.33. The number of nitrogens with two attached hydrogens (primary N) is 1. The van der Waals surface area contributed by atoms with Gasteiger partial charge in [0.25, 0.3) is 0 Å². The summed E-state index contributed by atoms with van der Waals surface area (Å²) in [6, 6.07) is 2.88. The Labute approximate surface area is 90.6 Å². The number of benzene rings is 1. The molecular formula is C11H11F4N. The van der Waals surface area contributed by atoms with E-state index in [4.69, 9.17) is 5.73 Å². The van der Waals surface area contributed by atoms with Crippen LogP contribution in [0, 0.1) is 5.82 Å². The Morgan fingerprint density at radius 1 is 1.25 bits per heavy atom. The second-order valence-electron chi connectivity index (χ2n) is 3.22. The normalized spacial score (nSPS) is 12.3. The molecule has 16 heavy (non-hydrogen) atoms. The van der Waals surface area contributed by atoms with Gasteiger partial charge >= 0.3 is 6.18 Å². The summed E-state index contributed by atoms with van der Waals surface area (Å²) >= 11 is 0. The number of halogens is 4. The molecule has 0 aromatic heterocycles. The minimum absolute atomic E-state index is 0.308. The molecule has 1 rings (SSSR count). The van der Waals surface area contributed by atoms with Gasteiger partial charge in [-0.15, -0.1) is 0 Å². The Bertz CT molecular complexity index is 382. The molecule has 0 spiro atoms. The Morgan fingerprint density at radius 3 is 2.50 bits per heavy atom. The molecule has 0 aliphatic carbocycles. The monoisotopic (exact) mass is 233 g/mol. The maximum absolute atomic E-state index is 12.9. The molecule has 0 aliphatic heterocycles. The van der Waals surface area contributed by atoms with E-state index >= 15 is 0 Å². The lowest BCUT2D eigenvalue weighted by Gasteiger charge is -2.08. The van der Waals surface area contributed by atoms with E-state index in [1.54, 1.807) is 6.08 Å². The van der Waals surface area contributed by atoms with Crippen LogP contribution in [0.4, 0.5) is 17.6 Å². The Kier molecular flexibility index (Phi) is 4.06. The van der Waals surface area contributed by atoms with Crippen molar-refractivity contribution in [1.82, 2.24) is 0 Å². The van der Waals surface area contributed by atoms with Gasteiger partial charge in [0.2, 0.25) is 0 Å². The molecule has 0 aliphatic rings. The van der Waals surface area contributed by atoms with Crippen molar-refractivity contribution in [3.63, 3.8) is 0 Å².